The minimum absolute atomic E-state index is 0.860. The molecule has 1 heteroatoms. The highest BCUT2D eigenvalue weighted by atomic mass is 16.5. The maximum Gasteiger partial charge on any atom is 0.122 e. The Morgan fingerprint density at radius 2 is 2.00 bits per heavy atom. The summed E-state index contributed by atoms with van der Waals surface area (Å²) in [5, 5.41) is 0. The fourth-order valence-corrected chi connectivity index (χ4v) is 1.83. The van der Waals surface area contributed by atoms with E-state index in [4.69, 9.17) is 4.74 Å². The molecule has 0 spiro atoms. The Morgan fingerprint density at radius 3 is 2.62 bits per heavy atom. The molecule has 0 amide bonds. The van der Waals surface area contributed by atoms with Crippen molar-refractivity contribution in [3.8, 4) is 5.75 Å². The summed E-state index contributed by atoms with van der Waals surface area (Å²) >= 11 is 0. The summed E-state index contributed by atoms with van der Waals surface area (Å²) < 4.78 is 5.30. The average molecular weight is 280 g/mol. The predicted molar refractivity (Wildman–Crippen MR) is 92.7 cm³/mol. The first-order chi connectivity index (χ1) is 10.2. The van der Waals surface area contributed by atoms with E-state index in [1.165, 1.54) is 5.56 Å². The summed E-state index contributed by atoms with van der Waals surface area (Å²) in [6, 6.07) is 8.18. The maximum atomic E-state index is 5.30. The number of ether oxygens (including phenoxy) is 1. The largest absolute Gasteiger partial charge is 0.493 e. The van der Waals surface area contributed by atoms with Crippen molar-refractivity contribution in [1.82, 2.24) is 0 Å². The number of allylic oxidation sites excluding steroid dienone is 8. The average Bonchev–Trinajstić information content (AvgIpc) is 2.96. The molecule has 0 unspecified atom stereocenters. The smallest absolute Gasteiger partial charge is 0.122 e. The minimum atomic E-state index is 0.860. The molecule has 1 heterocycles. The summed E-state index contributed by atoms with van der Waals surface area (Å²) in [6.07, 6.45) is 12.8. The van der Waals surface area contributed by atoms with Gasteiger partial charge in [-0.2, -0.15) is 0 Å². The number of hydrogen-bond donors (Lipinski definition) is 0. The van der Waals surface area contributed by atoms with Gasteiger partial charge in [0, 0.05) is 6.42 Å². The predicted octanol–water partition coefficient (Wildman–Crippen LogP) is 5.43. The van der Waals surface area contributed by atoms with Gasteiger partial charge in [0.1, 0.15) is 5.75 Å². The highest BCUT2D eigenvalue weighted by molar-refractivity contribution is 5.40. The van der Waals surface area contributed by atoms with Crippen molar-refractivity contribution in [2.45, 2.75) is 20.3 Å². The van der Waals surface area contributed by atoms with E-state index in [1.807, 2.05) is 62.4 Å². The van der Waals surface area contributed by atoms with Crippen molar-refractivity contribution in [3.05, 3.63) is 90.6 Å². The van der Waals surface area contributed by atoms with Crippen LogP contribution in [0.4, 0.5) is 0 Å². The summed E-state index contributed by atoms with van der Waals surface area (Å²) in [5.74, 6) is 1.07. The van der Waals surface area contributed by atoms with Crippen molar-refractivity contribution in [2.24, 2.45) is 0 Å². The molecule has 1 nitrogen and oxygen atoms in total. The van der Waals surface area contributed by atoms with E-state index in [1.54, 1.807) is 6.08 Å². The second-order valence-corrected chi connectivity index (χ2v) is 4.73. The van der Waals surface area contributed by atoms with Gasteiger partial charge in [-0.3, -0.25) is 0 Å². The number of para-hydroxylation sites is 1. The standard InChI is InChI=1S/C12H16.C8H8O/c1-5-7-9-12(11(3)4)10-8-6-2;1-2-4-8-7(3-1)5-6-9-8/h5-10H,1,3H2,2,4H3;1-4H,5-6H2/b8-6-,9-7-,12-10-;. The maximum absolute atomic E-state index is 5.30. The first-order valence-corrected chi connectivity index (χ1v) is 7.17. The summed E-state index contributed by atoms with van der Waals surface area (Å²) in [5.41, 5.74) is 3.54. The zero-order valence-corrected chi connectivity index (χ0v) is 13.0. The number of fused-ring (bicyclic) bond motifs is 1. The lowest BCUT2D eigenvalue weighted by molar-refractivity contribution is 0.357. The van der Waals surface area contributed by atoms with Crippen LogP contribution in [0.25, 0.3) is 0 Å². The molecule has 0 bridgehead atoms. The van der Waals surface area contributed by atoms with Crippen LogP contribution in [0.15, 0.2) is 85.0 Å². The van der Waals surface area contributed by atoms with Gasteiger partial charge in [-0.25, -0.2) is 0 Å². The van der Waals surface area contributed by atoms with Crippen LogP contribution >= 0.6 is 0 Å². The topological polar surface area (TPSA) is 9.23 Å². The van der Waals surface area contributed by atoms with Gasteiger partial charge in [0.25, 0.3) is 0 Å². The van der Waals surface area contributed by atoms with Crippen LogP contribution in [0, 0.1) is 0 Å². The minimum Gasteiger partial charge on any atom is -0.493 e. The quantitative estimate of drug-likeness (QED) is 0.668. The molecule has 21 heavy (non-hydrogen) atoms. The van der Waals surface area contributed by atoms with E-state index < -0.39 is 0 Å². The lowest BCUT2D eigenvalue weighted by Crippen LogP contribution is -1.85. The van der Waals surface area contributed by atoms with Crippen LogP contribution in [0.5, 0.6) is 5.75 Å². The summed E-state index contributed by atoms with van der Waals surface area (Å²) in [6.45, 7) is 12.3. The molecule has 0 N–H and O–H groups in total. The van der Waals surface area contributed by atoms with Crippen LogP contribution in [0.3, 0.4) is 0 Å². The molecule has 1 aromatic rings. The van der Waals surface area contributed by atoms with Crippen LogP contribution < -0.4 is 4.74 Å². The van der Waals surface area contributed by atoms with Gasteiger partial charge in [-0.1, -0.05) is 73.4 Å². The van der Waals surface area contributed by atoms with Crippen LogP contribution in [-0.4, -0.2) is 6.61 Å². The first-order valence-electron chi connectivity index (χ1n) is 7.17. The number of rotatable bonds is 4. The molecule has 0 radical (unpaired) electrons. The molecule has 0 aliphatic carbocycles. The third-order valence-electron chi connectivity index (χ3n) is 2.97. The van der Waals surface area contributed by atoms with E-state index in [9.17, 15) is 0 Å². The van der Waals surface area contributed by atoms with Crippen molar-refractivity contribution in [3.63, 3.8) is 0 Å². The Hall–Kier alpha value is -2.28. The normalized spacial score (nSPS) is 13.5. The van der Waals surface area contributed by atoms with Crippen molar-refractivity contribution in [2.75, 3.05) is 6.61 Å². The first kappa shape index (κ1) is 16.8. The lowest BCUT2D eigenvalue weighted by Gasteiger charge is -1.96. The van der Waals surface area contributed by atoms with E-state index in [-0.39, 0.29) is 0 Å². The summed E-state index contributed by atoms with van der Waals surface area (Å²) in [7, 11) is 0. The lowest BCUT2D eigenvalue weighted by atomic mass is 10.1. The van der Waals surface area contributed by atoms with Crippen molar-refractivity contribution < 1.29 is 4.74 Å². The third-order valence-corrected chi connectivity index (χ3v) is 2.97. The molecular weight excluding hydrogens is 256 g/mol. The fraction of sp³-hybridized carbons (Fsp3) is 0.200. The summed E-state index contributed by atoms with van der Waals surface area (Å²) in [4.78, 5) is 0. The molecule has 0 saturated carbocycles. The van der Waals surface area contributed by atoms with Gasteiger partial charge in [-0.15, -0.1) is 0 Å². The Balaban J connectivity index is 0.000000216. The third kappa shape index (κ3) is 6.13. The molecule has 1 aromatic carbocycles. The molecule has 2 rings (SSSR count). The molecule has 0 saturated heterocycles. The Bertz CT molecular complexity index is 536. The zero-order valence-electron chi connectivity index (χ0n) is 13.0. The second kappa shape index (κ2) is 9.60. The van der Waals surface area contributed by atoms with E-state index in [0.717, 1.165) is 29.9 Å². The number of hydrogen-bond acceptors (Lipinski definition) is 1. The monoisotopic (exact) mass is 280 g/mol. The van der Waals surface area contributed by atoms with Gasteiger partial charge in [-0.05, 0) is 31.1 Å². The van der Waals surface area contributed by atoms with E-state index >= 15 is 0 Å². The van der Waals surface area contributed by atoms with Gasteiger partial charge < -0.3 is 4.74 Å². The highest BCUT2D eigenvalue weighted by Crippen LogP contribution is 2.23. The molecule has 0 atom stereocenters. The van der Waals surface area contributed by atoms with E-state index in [0.29, 0.717) is 0 Å². The highest BCUT2D eigenvalue weighted by Gasteiger charge is 2.08. The van der Waals surface area contributed by atoms with E-state index in [2.05, 4.69) is 19.2 Å². The Kier molecular flexibility index (Phi) is 7.67. The molecule has 110 valence electrons. The molecule has 1 aliphatic heterocycles. The molecular formula is C20H24O. The second-order valence-electron chi connectivity index (χ2n) is 4.73. The SMILES string of the molecule is C=C\C=C/C(=C/C=C\C)C(=C)C.c1ccc2c(c1)CCO2. The molecule has 1 aliphatic rings. The van der Waals surface area contributed by atoms with Crippen LogP contribution in [-0.2, 0) is 6.42 Å². The molecule has 0 aromatic heterocycles. The van der Waals surface area contributed by atoms with Gasteiger partial charge in [0.05, 0.1) is 6.61 Å². The Morgan fingerprint density at radius 1 is 1.24 bits per heavy atom. The van der Waals surface area contributed by atoms with Crippen molar-refractivity contribution >= 4 is 0 Å². The van der Waals surface area contributed by atoms with Gasteiger partial charge in [0.2, 0.25) is 0 Å². The van der Waals surface area contributed by atoms with Crippen molar-refractivity contribution in [1.29, 1.82) is 0 Å². The fourth-order valence-electron chi connectivity index (χ4n) is 1.83. The Labute approximate surface area is 128 Å². The van der Waals surface area contributed by atoms with Gasteiger partial charge >= 0.3 is 0 Å². The van der Waals surface area contributed by atoms with Crippen LogP contribution in [0.2, 0.25) is 0 Å². The van der Waals surface area contributed by atoms with Gasteiger partial charge in [0.15, 0.2) is 0 Å². The zero-order chi connectivity index (χ0) is 15.5. The number of benzene rings is 1. The van der Waals surface area contributed by atoms with Crippen LogP contribution in [0.1, 0.15) is 19.4 Å². The molecule has 0 fully saturated rings.